The molecule has 5 heteroatoms. The Morgan fingerprint density at radius 2 is 1.68 bits per heavy atom. The Morgan fingerprint density at radius 1 is 0.964 bits per heavy atom. The molecule has 0 saturated heterocycles. The molecule has 1 spiro atoms. The third-order valence-electron chi connectivity index (χ3n) is 5.16. The number of rotatable bonds is 3. The van der Waals surface area contributed by atoms with Crippen LogP contribution in [0.3, 0.4) is 0 Å². The zero-order chi connectivity index (χ0) is 19.1. The second kappa shape index (κ2) is 6.53. The summed E-state index contributed by atoms with van der Waals surface area (Å²) >= 11 is 1.45. The number of benzene rings is 3. The van der Waals surface area contributed by atoms with Gasteiger partial charge in [0, 0.05) is 16.0 Å². The van der Waals surface area contributed by atoms with Gasteiger partial charge in [-0.1, -0.05) is 65.4 Å². The van der Waals surface area contributed by atoms with Crippen LogP contribution in [-0.2, 0) is 4.84 Å². The number of methoxy groups -OCH3 is 1. The van der Waals surface area contributed by atoms with E-state index in [9.17, 15) is 4.79 Å². The van der Waals surface area contributed by atoms with Crippen LogP contribution in [0.4, 0.5) is 0 Å². The summed E-state index contributed by atoms with van der Waals surface area (Å²) in [5, 5.41) is 4.42. The minimum absolute atomic E-state index is 0.0331. The number of nitrogens with zero attached hydrogens (tertiary/aromatic N) is 1. The molecule has 0 aromatic heterocycles. The molecular weight excluding hydrogens is 370 g/mol. The summed E-state index contributed by atoms with van der Waals surface area (Å²) < 4.78 is 5.27. The maximum absolute atomic E-state index is 13.4. The first-order valence-corrected chi connectivity index (χ1v) is 9.83. The molecular formula is C23H17NO3S. The predicted octanol–water partition coefficient (Wildman–Crippen LogP) is 4.90. The Labute approximate surface area is 167 Å². The first kappa shape index (κ1) is 17.1. The zero-order valence-electron chi connectivity index (χ0n) is 15.2. The average Bonchev–Trinajstić information content (AvgIpc) is 3.27. The first-order valence-electron chi connectivity index (χ1n) is 9.01. The number of carbonyl (C=O) groups excluding carboxylic acids is 1. The molecule has 4 nitrogen and oxygen atoms in total. The molecule has 0 fully saturated rings. The van der Waals surface area contributed by atoms with Crippen molar-refractivity contribution in [3.05, 3.63) is 95.6 Å². The number of ether oxygens (including phenoxy) is 1. The Morgan fingerprint density at radius 3 is 2.39 bits per heavy atom. The molecule has 0 saturated carbocycles. The van der Waals surface area contributed by atoms with E-state index in [1.807, 2.05) is 78.9 Å². The molecule has 2 aliphatic rings. The number of ketones is 1. The van der Waals surface area contributed by atoms with Gasteiger partial charge in [0.1, 0.15) is 11.5 Å². The van der Waals surface area contributed by atoms with Crippen molar-refractivity contribution in [1.82, 2.24) is 0 Å². The number of oxime groups is 1. The van der Waals surface area contributed by atoms with E-state index in [0.29, 0.717) is 5.56 Å². The van der Waals surface area contributed by atoms with E-state index in [-0.39, 0.29) is 11.7 Å². The van der Waals surface area contributed by atoms with Crippen LogP contribution in [0.15, 0.2) is 88.9 Å². The molecule has 3 aromatic rings. The van der Waals surface area contributed by atoms with E-state index in [4.69, 9.17) is 9.57 Å². The van der Waals surface area contributed by atoms with E-state index in [1.54, 1.807) is 7.11 Å². The van der Waals surface area contributed by atoms with E-state index >= 15 is 0 Å². The molecule has 0 radical (unpaired) electrons. The Hall–Kier alpha value is -3.05. The number of hydrogen-bond acceptors (Lipinski definition) is 5. The highest BCUT2D eigenvalue weighted by Gasteiger charge is 2.60. The van der Waals surface area contributed by atoms with Crippen LogP contribution in [0, 0.1) is 0 Å². The normalized spacial score (nSPS) is 22.7. The van der Waals surface area contributed by atoms with Gasteiger partial charge < -0.3 is 9.57 Å². The van der Waals surface area contributed by atoms with Crippen molar-refractivity contribution >= 4 is 23.3 Å². The van der Waals surface area contributed by atoms with Crippen LogP contribution >= 0.6 is 11.8 Å². The summed E-state index contributed by atoms with van der Waals surface area (Å²) in [6, 6.07) is 25.3. The Kier molecular flexibility index (Phi) is 3.98. The molecule has 2 heterocycles. The average molecular weight is 387 g/mol. The summed E-state index contributed by atoms with van der Waals surface area (Å²) in [5.74, 6) is 0.425. The van der Waals surface area contributed by atoms with Crippen LogP contribution in [0.2, 0.25) is 0 Å². The van der Waals surface area contributed by atoms with Crippen molar-refractivity contribution < 1.29 is 14.4 Å². The topological polar surface area (TPSA) is 47.9 Å². The Balaban J connectivity index is 1.63. The van der Waals surface area contributed by atoms with E-state index in [0.717, 1.165) is 27.5 Å². The predicted molar refractivity (Wildman–Crippen MR) is 109 cm³/mol. The second-order valence-electron chi connectivity index (χ2n) is 6.73. The molecule has 0 bridgehead atoms. The molecule has 3 aromatic carbocycles. The summed E-state index contributed by atoms with van der Waals surface area (Å²) in [5.41, 5.74) is 3.36. The molecule has 2 atom stereocenters. The number of carbonyl (C=O) groups is 1. The molecule has 5 rings (SSSR count). The number of thioether (sulfide) groups is 1. The van der Waals surface area contributed by atoms with Crippen LogP contribution < -0.4 is 4.74 Å². The fourth-order valence-corrected chi connectivity index (χ4v) is 5.18. The molecule has 0 amide bonds. The monoisotopic (exact) mass is 387 g/mol. The molecule has 2 aliphatic heterocycles. The van der Waals surface area contributed by atoms with E-state index in [2.05, 4.69) is 5.16 Å². The Bertz CT molecular complexity index is 1080. The van der Waals surface area contributed by atoms with Crippen molar-refractivity contribution in [2.45, 2.75) is 15.7 Å². The number of fused-ring (bicyclic) bond motifs is 1. The van der Waals surface area contributed by atoms with Crippen molar-refractivity contribution in [3.63, 3.8) is 0 Å². The third kappa shape index (κ3) is 2.47. The van der Waals surface area contributed by atoms with Crippen LogP contribution in [-0.4, -0.2) is 23.5 Å². The van der Waals surface area contributed by atoms with Crippen molar-refractivity contribution in [1.29, 1.82) is 0 Å². The fraction of sp³-hybridized carbons (Fsp3) is 0.130. The van der Waals surface area contributed by atoms with Gasteiger partial charge in [0.2, 0.25) is 5.78 Å². The van der Waals surface area contributed by atoms with Crippen LogP contribution in [0.25, 0.3) is 0 Å². The van der Waals surface area contributed by atoms with Crippen molar-refractivity contribution in [2.75, 3.05) is 7.11 Å². The minimum Gasteiger partial charge on any atom is -0.497 e. The maximum Gasteiger partial charge on any atom is 0.262 e. The number of hydrogen-bond donors (Lipinski definition) is 0. The molecule has 0 unspecified atom stereocenters. The van der Waals surface area contributed by atoms with E-state index in [1.165, 1.54) is 11.8 Å². The maximum atomic E-state index is 13.4. The lowest BCUT2D eigenvalue weighted by atomic mass is 9.83. The van der Waals surface area contributed by atoms with Gasteiger partial charge in [0.15, 0.2) is 0 Å². The summed E-state index contributed by atoms with van der Waals surface area (Å²) in [4.78, 5) is 19.2. The smallest absolute Gasteiger partial charge is 0.262 e. The van der Waals surface area contributed by atoms with Crippen molar-refractivity contribution in [2.24, 2.45) is 5.16 Å². The van der Waals surface area contributed by atoms with Gasteiger partial charge in [-0.05, 0) is 35.9 Å². The second-order valence-corrected chi connectivity index (χ2v) is 7.99. The van der Waals surface area contributed by atoms with Gasteiger partial charge in [-0.25, -0.2) is 0 Å². The van der Waals surface area contributed by atoms with Crippen LogP contribution in [0.1, 0.15) is 27.4 Å². The standard InChI is InChI=1S/C23H17NO3S/c1-26-17-13-11-16(12-14-17)21-20(15-7-3-2-4-8-15)23(27-24-21)22(25)18-9-5-6-10-19(18)28-23/h2-14,20H,1H3/t20-,23+/m0/s1. The lowest BCUT2D eigenvalue weighted by Gasteiger charge is -2.27. The largest absolute Gasteiger partial charge is 0.497 e. The van der Waals surface area contributed by atoms with Gasteiger partial charge in [0.25, 0.3) is 4.93 Å². The highest BCUT2D eigenvalue weighted by molar-refractivity contribution is 8.02. The third-order valence-corrected chi connectivity index (χ3v) is 6.54. The first-order chi connectivity index (χ1) is 13.7. The summed E-state index contributed by atoms with van der Waals surface area (Å²) in [7, 11) is 1.64. The molecule has 0 aliphatic carbocycles. The van der Waals surface area contributed by atoms with Crippen molar-refractivity contribution in [3.8, 4) is 5.75 Å². The quantitative estimate of drug-likeness (QED) is 0.641. The fourth-order valence-electron chi connectivity index (χ4n) is 3.80. The van der Waals surface area contributed by atoms with Gasteiger partial charge in [-0.3, -0.25) is 4.79 Å². The summed E-state index contributed by atoms with van der Waals surface area (Å²) in [6.45, 7) is 0. The highest BCUT2D eigenvalue weighted by atomic mass is 32.2. The summed E-state index contributed by atoms with van der Waals surface area (Å²) in [6.07, 6.45) is 0. The lowest BCUT2D eigenvalue weighted by molar-refractivity contribution is 0.0386. The van der Waals surface area contributed by atoms with Gasteiger partial charge in [-0.15, -0.1) is 0 Å². The van der Waals surface area contributed by atoms with Gasteiger partial charge >= 0.3 is 0 Å². The van der Waals surface area contributed by atoms with Gasteiger partial charge in [-0.2, -0.15) is 0 Å². The van der Waals surface area contributed by atoms with Gasteiger partial charge in [0.05, 0.1) is 13.0 Å². The van der Waals surface area contributed by atoms with E-state index < -0.39 is 4.93 Å². The molecule has 0 N–H and O–H groups in total. The SMILES string of the molecule is COc1ccc(C2=NO[C@@]3(Sc4ccccc4C3=O)[C@H]2c2ccccc2)cc1. The zero-order valence-corrected chi connectivity index (χ0v) is 16.0. The highest BCUT2D eigenvalue weighted by Crippen LogP contribution is 2.56. The lowest BCUT2D eigenvalue weighted by Crippen LogP contribution is -2.39. The number of Topliss-reactive ketones (excluding diaryl/α,β-unsaturated/α-hetero) is 1. The molecule has 28 heavy (non-hydrogen) atoms. The molecule has 138 valence electrons. The van der Waals surface area contributed by atoms with Crippen LogP contribution in [0.5, 0.6) is 5.75 Å². The minimum atomic E-state index is -1.11.